The number of esters is 4. The molecule has 0 heterocycles. The van der Waals surface area contributed by atoms with Gasteiger partial charge < -0.3 is 33.8 Å². The van der Waals surface area contributed by atoms with Gasteiger partial charge in [0.15, 0.2) is 12.2 Å². The summed E-state index contributed by atoms with van der Waals surface area (Å²) in [5.41, 5.74) is 0. The molecule has 0 aromatic heterocycles. The van der Waals surface area contributed by atoms with Gasteiger partial charge in [-0.15, -0.1) is 0 Å². The lowest BCUT2D eigenvalue weighted by Gasteiger charge is -2.21. The molecule has 0 radical (unpaired) electrons. The van der Waals surface area contributed by atoms with Gasteiger partial charge in [-0.25, -0.2) is 9.13 Å². The van der Waals surface area contributed by atoms with Gasteiger partial charge in [-0.3, -0.25) is 37.3 Å². The van der Waals surface area contributed by atoms with Crippen LogP contribution >= 0.6 is 15.6 Å². The van der Waals surface area contributed by atoms with Gasteiger partial charge in [0.25, 0.3) is 0 Å². The molecule has 0 saturated heterocycles. The van der Waals surface area contributed by atoms with Gasteiger partial charge >= 0.3 is 39.5 Å². The van der Waals surface area contributed by atoms with Crippen molar-refractivity contribution in [3.63, 3.8) is 0 Å². The van der Waals surface area contributed by atoms with Crippen LogP contribution in [0.1, 0.15) is 394 Å². The molecule has 0 rings (SSSR count). The van der Waals surface area contributed by atoms with Crippen LogP contribution in [0.2, 0.25) is 0 Å². The van der Waals surface area contributed by atoms with E-state index in [9.17, 15) is 43.2 Å². The standard InChI is InChI=1S/C74H144O17P2/c1-5-9-13-17-21-25-27-29-31-33-35-37-39-41-44-47-51-55-59-72(77)85-65-70(91-74(79)61-57-53-49-45-42-40-38-36-34-32-30-28-26-22-18-14-10-6-2)67-89-93(82,83)87-63-68(75)62-86-92(80,81)88-66-69(64-84-71(76)58-54-50-46-24-20-16-12-8-4)90-73(78)60-56-52-48-43-23-19-15-11-7-3/h68-70,75H,5-67H2,1-4H3,(H,80,81)(H,82,83)/t68-,69+,70+/m0/s1. The molecule has 0 aromatic rings. The fraction of sp³-hybridized carbons (Fsp3) is 0.946. The Labute approximate surface area is 568 Å². The Morgan fingerprint density at radius 1 is 0.258 bits per heavy atom. The van der Waals surface area contributed by atoms with Crippen LogP contribution in [0.15, 0.2) is 0 Å². The van der Waals surface area contributed by atoms with Crippen molar-refractivity contribution in [3.05, 3.63) is 0 Å². The lowest BCUT2D eigenvalue weighted by molar-refractivity contribution is -0.161. The Morgan fingerprint density at radius 2 is 0.430 bits per heavy atom. The molecule has 0 aliphatic heterocycles. The second-order valence-corrected chi connectivity index (χ2v) is 29.6. The molecule has 5 atom stereocenters. The van der Waals surface area contributed by atoms with E-state index in [1.165, 1.54) is 218 Å². The van der Waals surface area contributed by atoms with Crippen molar-refractivity contribution < 1.29 is 80.2 Å². The molecule has 0 aromatic carbocycles. The Balaban J connectivity index is 5.17. The van der Waals surface area contributed by atoms with Crippen LogP contribution in [-0.4, -0.2) is 96.7 Å². The highest BCUT2D eigenvalue weighted by Gasteiger charge is 2.30. The highest BCUT2D eigenvalue weighted by Crippen LogP contribution is 2.45. The number of carbonyl (C=O) groups excluding carboxylic acids is 4. The number of hydrogen-bond donors (Lipinski definition) is 3. The number of phosphoric acid groups is 2. The van der Waals surface area contributed by atoms with Gasteiger partial charge in [-0.05, 0) is 25.7 Å². The summed E-state index contributed by atoms with van der Waals surface area (Å²) in [5, 5.41) is 10.6. The molecule has 0 saturated carbocycles. The van der Waals surface area contributed by atoms with E-state index in [0.717, 1.165) is 96.3 Å². The number of carbonyl (C=O) groups is 4. The zero-order chi connectivity index (χ0) is 68.2. The highest BCUT2D eigenvalue weighted by molar-refractivity contribution is 7.47. The summed E-state index contributed by atoms with van der Waals surface area (Å²) < 4.78 is 68.3. The largest absolute Gasteiger partial charge is 0.472 e. The fourth-order valence-corrected chi connectivity index (χ4v) is 13.0. The Hall–Kier alpha value is -1.94. The fourth-order valence-electron chi connectivity index (χ4n) is 11.4. The SMILES string of the molecule is CCCCCCCCCCCCCCCCCCCCC(=O)OC[C@H](COP(=O)(O)OC[C@@H](O)COP(=O)(O)OC[C@@H](COC(=O)CCCCCCCCCC)OC(=O)CCCCCCCCCCC)OC(=O)CCCCCCCCCCCCCCCCCCCC. The molecule has 17 nitrogen and oxygen atoms in total. The third kappa shape index (κ3) is 68.4. The van der Waals surface area contributed by atoms with Crippen LogP contribution in [0.4, 0.5) is 0 Å². The van der Waals surface area contributed by atoms with Gasteiger partial charge in [0, 0.05) is 25.7 Å². The van der Waals surface area contributed by atoms with E-state index in [1.807, 2.05) is 0 Å². The molecule has 19 heteroatoms. The smallest absolute Gasteiger partial charge is 0.462 e. The van der Waals surface area contributed by atoms with Gasteiger partial charge in [0.1, 0.15) is 19.3 Å². The quantitative estimate of drug-likeness (QED) is 0.0222. The molecule has 3 N–H and O–H groups in total. The zero-order valence-corrected chi connectivity index (χ0v) is 62.0. The van der Waals surface area contributed by atoms with E-state index in [-0.39, 0.29) is 25.7 Å². The minimum Gasteiger partial charge on any atom is -0.462 e. The van der Waals surface area contributed by atoms with Crippen molar-refractivity contribution in [2.24, 2.45) is 0 Å². The summed E-state index contributed by atoms with van der Waals surface area (Å²) in [6, 6.07) is 0. The summed E-state index contributed by atoms with van der Waals surface area (Å²) >= 11 is 0. The van der Waals surface area contributed by atoms with Crippen LogP contribution < -0.4 is 0 Å². The lowest BCUT2D eigenvalue weighted by atomic mass is 10.0. The number of hydrogen-bond acceptors (Lipinski definition) is 15. The number of aliphatic hydroxyl groups excluding tert-OH is 1. The molecular weight excluding hydrogens is 1220 g/mol. The normalized spacial score (nSPS) is 13.9. The molecule has 0 aliphatic rings. The van der Waals surface area contributed by atoms with Gasteiger partial charge in [0.2, 0.25) is 0 Å². The molecule has 0 bridgehead atoms. The summed E-state index contributed by atoms with van der Waals surface area (Å²) in [6.07, 6.45) is 58.4. The maximum Gasteiger partial charge on any atom is 0.472 e. The summed E-state index contributed by atoms with van der Waals surface area (Å²) in [7, 11) is -9.90. The van der Waals surface area contributed by atoms with Crippen molar-refractivity contribution in [1.29, 1.82) is 0 Å². The minimum atomic E-state index is -4.95. The Bertz CT molecular complexity index is 1770. The van der Waals surface area contributed by atoms with Crippen molar-refractivity contribution in [2.75, 3.05) is 39.6 Å². The van der Waals surface area contributed by atoms with E-state index in [4.69, 9.17) is 37.0 Å². The van der Waals surface area contributed by atoms with Crippen molar-refractivity contribution in [1.82, 2.24) is 0 Å². The highest BCUT2D eigenvalue weighted by atomic mass is 31.2. The lowest BCUT2D eigenvalue weighted by Crippen LogP contribution is -2.30. The predicted molar refractivity (Wildman–Crippen MR) is 377 cm³/mol. The number of phosphoric ester groups is 2. The van der Waals surface area contributed by atoms with E-state index < -0.39 is 97.5 Å². The summed E-state index contributed by atoms with van der Waals surface area (Å²) in [5.74, 6) is -2.12. The first-order valence-corrected chi connectivity index (χ1v) is 41.8. The van der Waals surface area contributed by atoms with Crippen molar-refractivity contribution >= 4 is 39.5 Å². The van der Waals surface area contributed by atoms with E-state index in [1.54, 1.807) is 0 Å². The molecule has 0 spiro atoms. The second kappa shape index (κ2) is 68.6. The van der Waals surface area contributed by atoms with Gasteiger partial charge in [0.05, 0.1) is 26.4 Å². The summed E-state index contributed by atoms with van der Waals surface area (Å²) in [6.45, 7) is 4.93. The van der Waals surface area contributed by atoms with Crippen molar-refractivity contribution in [3.8, 4) is 0 Å². The first-order valence-electron chi connectivity index (χ1n) is 38.8. The average Bonchev–Trinajstić information content (AvgIpc) is 2.55. The van der Waals surface area contributed by atoms with E-state index >= 15 is 0 Å². The molecule has 0 fully saturated rings. The number of aliphatic hydroxyl groups is 1. The molecular formula is C74H144O17P2. The second-order valence-electron chi connectivity index (χ2n) is 26.7. The molecule has 0 aliphatic carbocycles. The van der Waals surface area contributed by atoms with Gasteiger partial charge in [-0.2, -0.15) is 0 Å². The van der Waals surface area contributed by atoms with E-state index in [0.29, 0.717) is 25.7 Å². The van der Waals surface area contributed by atoms with Crippen LogP contribution in [-0.2, 0) is 65.4 Å². The predicted octanol–water partition coefficient (Wildman–Crippen LogP) is 21.8. The third-order valence-electron chi connectivity index (χ3n) is 17.4. The first kappa shape index (κ1) is 91.1. The first-order chi connectivity index (χ1) is 45.2. The van der Waals surface area contributed by atoms with Gasteiger partial charge in [-0.1, -0.05) is 342 Å². The summed E-state index contributed by atoms with van der Waals surface area (Å²) in [4.78, 5) is 72.5. The third-order valence-corrected chi connectivity index (χ3v) is 19.3. The van der Waals surface area contributed by atoms with Crippen LogP contribution in [0.5, 0.6) is 0 Å². The van der Waals surface area contributed by atoms with Crippen LogP contribution in [0, 0.1) is 0 Å². The molecule has 0 amide bonds. The van der Waals surface area contributed by atoms with E-state index in [2.05, 4.69) is 27.7 Å². The Morgan fingerprint density at radius 3 is 0.634 bits per heavy atom. The monoisotopic (exact) mass is 1370 g/mol. The van der Waals surface area contributed by atoms with Crippen LogP contribution in [0.3, 0.4) is 0 Å². The molecule has 2 unspecified atom stereocenters. The minimum absolute atomic E-state index is 0.106. The Kier molecular flexibility index (Phi) is 67.1. The molecule has 552 valence electrons. The molecule has 93 heavy (non-hydrogen) atoms. The maximum absolute atomic E-state index is 13.1. The maximum atomic E-state index is 13.1. The zero-order valence-electron chi connectivity index (χ0n) is 60.2. The number of ether oxygens (including phenoxy) is 4. The number of unbranched alkanes of at least 4 members (excludes halogenated alkanes) is 49. The number of rotatable bonds is 75. The van der Waals surface area contributed by atoms with Crippen molar-refractivity contribution in [2.45, 2.75) is 412 Å². The average molecular weight is 1370 g/mol. The topological polar surface area (TPSA) is 237 Å². The van der Waals surface area contributed by atoms with Crippen LogP contribution in [0.25, 0.3) is 0 Å².